The second-order valence-electron chi connectivity index (χ2n) is 4.02. The van der Waals surface area contributed by atoms with Crippen molar-refractivity contribution >= 4 is 17.4 Å². The van der Waals surface area contributed by atoms with Gasteiger partial charge in [0.25, 0.3) is 0 Å². The van der Waals surface area contributed by atoms with E-state index in [0.29, 0.717) is 11.5 Å². The highest BCUT2D eigenvalue weighted by Crippen LogP contribution is 2.25. The van der Waals surface area contributed by atoms with Crippen molar-refractivity contribution in [3.8, 4) is 5.69 Å². The van der Waals surface area contributed by atoms with Gasteiger partial charge in [0.2, 0.25) is 0 Å². The summed E-state index contributed by atoms with van der Waals surface area (Å²) in [6, 6.07) is 4.37. The molecule has 0 bridgehead atoms. The molecule has 4 nitrogen and oxygen atoms in total. The summed E-state index contributed by atoms with van der Waals surface area (Å²) >= 11 is 5.73. The number of nitrogens with zero attached hydrogens (tertiary/aromatic N) is 3. The molecule has 0 fully saturated rings. The van der Waals surface area contributed by atoms with Gasteiger partial charge < -0.3 is 5.73 Å². The Balaban J connectivity index is 2.56. The number of halogens is 2. The Morgan fingerprint density at radius 3 is 2.71 bits per heavy atom. The van der Waals surface area contributed by atoms with Crippen molar-refractivity contribution in [2.75, 3.05) is 5.73 Å². The van der Waals surface area contributed by atoms with Crippen molar-refractivity contribution in [3.05, 3.63) is 34.7 Å². The van der Waals surface area contributed by atoms with Crippen LogP contribution in [0.25, 0.3) is 5.69 Å². The van der Waals surface area contributed by atoms with Crippen LogP contribution in [0, 0.1) is 5.82 Å². The highest BCUT2D eigenvalue weighted by atomic mass is 35.5. The Hall–Kier alpha value is -1.62. The summed E-state index contributed by atoms with van der Waals surface area (Å²) in [5, 5.41) is 7.81. The van der Waals surface area contributed by atoms with Crippen molar-refractivity contribution in [1.82, 2.24) is 15.0 Å². The van der Waals surface area contributed by atoms with Crippen LogP contribution in [0.1, 0.15) is 25.5 Å². The zero-order chi connectivity index (χ0) is 12.6. The Morgan fingerprint density at radius 2 is 2.12 bits per heavy atom. The van der Waals surface area contributed by atoms with Crippen molar-refractivity contribution < 1.29 is 4.39 Å². The zero-order valence-corrected chi connectivity index (χ0v) is 10.2. The summed E-state index contributed by atoms with van der Waals surface area (Å²) in [5.74, 6) is 0.0730. The van der Waals surface area contributed by atoms with Gasteiger partial charge in [-0.3, -0.25) is 0 Å². The number of rotatable bonds is 2. The van der Waals surface area contributed by atoms with Gasteiger partial charge in [-0.25, -0.2) is 9.07 Å². The van der Waals surface area contributed by atoms with Crippen LogP contribution in [0.15, 0.2) is 18.2 Å². The molecule has 0 saturated heterocycles. The minimum atomic E-state index is -0.463. The molecule has 2 rings (SSSR count). The van der Waals surface area contributed by atoms with Gasteiger partial charge in [0.05, 0.1) is 16.4 Å². The maximum absolute atomic E-state index is 13.1. The fraction of sp³-hybridized carbons (Fsp3) is 0.273. The van der Waals surface area contributed by atoms with Crippen LogP contribution in [0.4, 0.5) is 10.2 Å². The maximum atomic E-state index is 13.1. The van der Waals surface area contributed by atoms with E-state index in [-0.39, 0.29) is 10.9 Å². The van der Waals surface area contributed by atoms with E-state index in [1.165, 1.54) is 12.1 Å². The maximum Gasteiger partial charge on any atom is 0.169 e. The predicted octanol–water partition coefficient (Wildman–Crippen LogP) is 2.77. The summed E-state index contributed by atoms with van der Waals surface area (Å²) in [4.78, 5) is 0. The first-order chi connectivity index (χ1) is 8.00. The van der Waals surface area contributed by atoms with Gasteiger partial charge >= 0.3 is 0 Å². The largest absolute Gasteiger partial charge is 0.381 e. The number of nitrogen functional groups attached to an aromatic ring is 1. The first-order valence-electron chi connectivity index (χ1n) is 5.17. The third kappa shape index (κ3) is 2.10. The molecule has 0 amide bonds. The summed E-state index contributed by atoms with van der Waals surface area (Å²) in [6.45, 7) is 3.97. The summed E-state index contributed by atoms with van der Waals surface area (Å²) in [5.41, 5.74) is 7.17. The van der Waals surface area contributed by atoms with Gasteiger partial charge in [-0.2, -0.15) is 0 Å². The van der Waals surface area contributed by atoms with Crippen molar-refractivity contribution in [3.63, 3.8) is 0 Å². The van der Waals surface area contributed by atoms with E-state index in [0.717, 1.165) is 5.69 Å². The van der Waals surface area contributed by atoms with Gasteiger partial charge in [0.15, 0.2) is 5.82 Å². The Bertz CT molecular complexity index is 550. The van der Waals surface area contributed by atoms with Crippen LogP contribution in [-0.2, 0) is 0 Å². The number of hydrogen-bond acceptors (Lipinski definition) is 3. The molecule has 0 saturated carbocycles. The molecule has 2 N–H and O–H groups in total. The van der Waals surface area contributed by atoms with Gasteiger partial charge in [0.1, 0.15) is 5.82 Å². The number of anilines is 1. The topological polar surface area (TPSA) is 56.7 Å². The normalized spacial score (nSPS) is 11.1. The summed E-state index contributed by atoms with van der Waals surface area (Å²) in [7, 11) is 0. The fourth-order valence-electron chi connectivity index (χ4n) is 1.65. The van der Waals surface area contributed by atoms with E-state index in [9.17, 15) is 4.39 Å². The molecule has 1 heterocycles. The number of hydrogen-bond donors (Lipinski definition) is 1. The second kappa shape index (κ2) is 4.33. The smallest absolute Gasteiger partial charge is 0.169 e. The second-order valence-corrected chi connectivity index (χ2v) is 4.43. The van der Waals surface area contributed by atoms with Gasteiger partial charge in [-0.1, -0.05) is 30.7 Å². The molecule has 0 unspecified atom stereocenters. The lowest BCUT2D eigenvalue weighted by atomic mass is 10.1. The van der Waals surface area contributed by atoms with E-state index in [2.05, 4.69) is 10.3 Å². The van der Waals surface area contributed by atoms with Crippen LogP contribution < -0.4 is 5.73 Å². The molecule has 0 radical (unpaired) electrons. The minimum absolute atomic E-state index is 0.0475. The van der Waals surface area contributed by atoms with Gasteiger partial charge in [-0.05, 0) is 24.1 Å². The Morgan fingerprint density at radius 1 is 1.41 bits per heavy atom. The average molecular weight is 255 g/mol. The van der Waals surface area contributed by atoms with Crippen LogP contribution in [0.2, 0.25) is 5.02 Å². The van der Waals surface area contributed by atoms with E-state index in [1.807, 2.05) is 13.8 Å². The Kier molecular flexibility index (Phi) is 3.02. The quantitative estimate of drug-likeness (QED) is 0.897. The minimum Gasteiger partial charge on any atom is -0.381 e. The molecule has 0 aliphatic rings. The lowest BCUT2D eigenvalue weighted by Crippen LogP contribution is -2.05. The molecule has 0 aliphatic carbocycles. The van der Waals surface area contributed by atoms with E-state index < -0.39 is 5.82 Å². The van der Waals surface area contributed by atoms with Crippen LogP contribution in [0.5, 0.6) is 0 Å². The fourth-order valence-corrected chi connectivity index (χ4v) is 1.82. The molecule has 0 aliphatic heterocycles. The molecule has 0 spiro atoms. The van der Waals surface area contributed by atoms with E-state index in [4.69, 9.17) is 17.3 Å². The highest BCUT2D eigenvalue weighted by Gasteiger charge is 2.15. The first kappa shape index (κ1) is 11.9. The highest BCUT2D eigenvalue weighted by molar-refractivity contribution is 6.30. The number of benzene rings is 1. The molecule has 0 atom stereocenters. The van der Waals surface area contributed by atoms with Crippen molar-refractivity contribution in [1.29, 1.82) is 0 Å². The van der Waals surface area contributed by atoms with Crippen molar-refractivity contribution in [2.45, 2.75) is 19.8 Å². The molecule has 1 aromatic heterocycles. The predicted molar refractivity (Wildman–Crippen MR) is 64.8 cm³/mol. The van der Waals surface area contributed by atoms with Gasteiger partial charge in [-0.15, -0.1) is 5.10 Å². The molecule has 2 aromatic rings. The third-order valence-corrected chi connectivity index (χ3v) is 2.72. The molecule has 90 valence electrons. The van der Waals surface area contributed by atoms with Crippen LogP contribution in [0.3, 0.4) is 0 Å². The molecule has 6 heteroatoms. The molecule has 17 heavy (non-hydrogen) atoms. The van der Waals surface area contributed by atoms with E-state index >= 15 is 0 Å². The molecule has 1 aromatic carbocycles. The number of aromatic nitrogens is 3. The van der Waals surface area contributed by atoms with Gasteiger partial charge in [0, 0.05) is 0 Å². The standard InChI is InChI=1S/C11H12ClFN4/c1-6(2)10-11(14)15-16-17(10)7-3-4-9(13)8(12)5-7/h3-6H,14H2,1-2H3. The van der Waals surface area contributed by atoms with Crippen molar-refractivity contribution in [2.24, 2.45) is 0 Å². The average Bonchev–Trinajstić information content (AvgIpc) is 2.64. The monoisotopic (exact) mass is 254 g/mol. The lowest BCUT2D eigenvalue weighted by molar-refractivity contribution is 0.626. The third-order valence-electron chi connectivity index (χ3n) is 2.43. The van der Waals surface area contributed by atoms with E-state index in [1.54, 1.807) is 10.7 Å². The zero-order valence-electron chi connectivity index (χ0n) is 9.48. The SMILES string of the molecule is CC(C)c1c(N)nnn1-c1ccc(F)c(Cl)c1. The molecular formula is C11H12ClFN4. The number of nitrogens with two attached hydrogens (primary N) is 1. The lowest BCUT2D eigenvalue weighted by Gasteiger charge is -2.09. The Labute approximate surface area is 103 Å². The summed E-state index contributed by atoms with van der Waals surface area (Å²) in [6.07, 6.45) is 0. The molecular weight excluding hydrogens is 243 g/mol. The first-order valence-corrected chi connectivity index (χ1v) is 5.55. The van der Waals surface area contributed by atoms with Crippen LogP contribution >= 0.6 is 11.6 Å². The summed E-state index contributed by atoms with van der Waals surface area (Å²) < 4.78 is 14.7. The van der Waals surface area contributed by atoms with Crippen LogP contribution in [-0.4, -0.2) is 15.0 Å².